The van der Waals surface area contributed by atoms with Crippen LogP contribution in [0.1, 0.15) is 141 Å². The second-order valence-corrected chi connectivity index (χ2v) is 18.3. The van der Waals surface area contributed by atoms with Gasteiger partial charge in [-0.2, -0.15) is 19.4 Å². The first-order valence-electron chi connectivity index (χ1n) is 22.8. The molecule has 17 heteroatoms. The molecule has 350 valence electrons. The van der Waals surface area contributed by atoms with Gasteiger partial charge in [-0.1, -0.05) is 140 Å². The number of esters is 1. The number of aliphatic hydroxyl groups is 1. The first-order valence-corrected chi connectivity index (χ1v) is 24.4. The Bertz CT molecular complexity index is 2120. The molecule has 0 saturated carbocycles. The number of terminal acetylenes is 1. The number of imidazole rings is 1. The lowest BCUT2D eigenvalue weighted by atomic mass is 9.99. The van der Waals surface area contributed by atoms with E-state index in [4.69, 9.17) is 30.7 Å². The highest BCUT2D eigenvalue weighted by molar-refractivity contribution is 7.52. The Balaban J connectivity index is 1.15. The van der Waals surface area contributed by atoms with Crippen LogP contribution in [0.25, 0.3) is 11.2 Å². The van der Waals surface area contributed by atoms with Crippen molar-refractivity contribution in [1.29, 1.82) is 0 Å². The third kappa shape index (κ3) is 15.6. The smallest absolute Gasteiger partial charge is 0.459 e. The summed E-state index contributed by atoms with van der Waals surface area (Å²) in [5.74, 6) is -0.350. The van der Waals surface area contributed by atoms with Crippen LogP contribution in [-0.2, 0) is 29.8 Å². The summed E-state index contributed by atoms with van der Waals surface area (Å²) in [6.07, 6.45) is 24.9. The zero-order chi connectivity index (χ0) is 45.8. The van der Waals surface area contributed by atoms with Gasteiger partial charge in [-0.25, -0.2) is 18.3 Å². The van der Waals surface area contributed by atoms with E-state index in [9.17, 15) is 27.6 Å². The number of hydrogen-bond acceptors (Lipinski definition) is 11. The van der Waals surface area contributed by atoms with Crippen molar-refractivity contribution in [3.8, 4) is 18.1 Å². The number of aliphatic hydroxyl groups excluding tert-OH is 1. The molecule has 4 aromatic rings. The minimum atomic E-state index is -4.69. The van der Waals surface area contributed by atoms with E-state index in [-0.39, 0.29) is 47.7 Å². The minimum absolute atomic E-state index is 0.0177. The number of ether oxygens (including phenoxy) is 2. The van der Waals surface area contributed by atoms with Crippen molar-refractivity contribution >= 4 is 30.7 Å². The number of benzene rings is 2. The zero-order valence-electron chi connectivity index (χ0n) is 36.9. The number of aromatic nitrogens is 4. The lowest BCUT2D eigenvalue weighted by molar-refractivity contribution is -0.146. The molecule has 1 saturated heterocycles. The van der Waals surface area contributed by atoms with Crippen LogP contribution in [-0.4, -0.2) is 61.6 Å². The largest absolute Gasteiger partial charge is 0.465 e. The zero-order valence-corrected chi connectivity index (χ0v) is 37.8. The summed E-state index contributed by atoms with van der Waals surface area (Å²) in [5, 5.41) is 13.9. The number of carbonyl (C=O) groups excluding carboxylic acids is 1. The van der Waals surface area contributed by atoms with Crippen molar-refractivity contribution in [2.75, 3.05) is 18.9 Å². The van der Waals surface area contributed by atoms with Crippen LogP contribution in [0.5, 0.6) is 5.75 Å². The van der Waals surface area contributed by atoms with Gasteiger partial charge in [-0.3, -0.25) is 13.9 Å². The number of nitrogens with two attached hydrogens (primary N) is 1. The Morgan fingerprint density at radius 3 is 2.09 bits per heavy atom. The Morgan fingerprint density at radius 2 is 1.52 bits per heavy atom. The predicted molar refractivity (Wildman–Crippen MR) is 239 cm³/mol. The summed E-state index contributed by atoms with van der Waals surface area (Å²) in [5.41, 5.74) is 4.01. The molecule has 2 aromatic carbocycles. The number of fused-ring (bicyclic) bond motifs is 1. The number of unbranched alkanes of at least 4 members (excludes halogenated alkanes) is 17. The Kier molecular flexibility index (Phi) is 20.4. The molecule has 0 bridgehead atoms. The average Bonchev–Trinajstić information content (AvgIpc) is 3.84. The molecule has 0 aliphatic carbocycles. The van der Waals surface area contributed by atoms with E-state index in [1.165, 1.54) is 106 Å². The molecule has 64 heavy (non-hydrogen) atoms. The summed E-state index contributed by atoms with van der Waals surface area (Å²) in [4.78, 5) is 25.1. The highest BCUT2D eigenvalue weighted by Gasteiger charge is 2.50. The second kappa shape index (κ2) is 25.8. The summed E-state index contributed by atoms with van der Waals surface area (Å²) in [7, 11) is -4.69. The molecule has 1 aliphatic rings. The topological polar surface area (TPSA) is 173 Å². The highest BCUT2D eigenvalue weighted by atomic mass is 31.2. The molecule has 0 unspecified atom stereocenters. The monoisotopic (exact) mass is 912 g/mol. The van der Waals surface area contributed by atoms with Crippen LogP contribution in [0.4, 0.5) is 19.0 Å². The number of para-hydroxylation sites is 1. The maximum absolute atomic E-state index is 14.7. The fourth-order valence-electron chi connectivity index (χ4n) is 7.85. The van der Waals surface area contributed by atoms with E-state index in [2.05, 4.69) is 32.9 Å². The number of nitrogens with one attached hydrogen (secondary N) is 1. The number of nitrogens with zero attached hydrogens (tertiary/aromatic N) is 4. The number of nitrogen functional groups attached to an aromatic ring is 1. The van der Waals surface area contributed by atoms with Gasteiger partial charge in [0.25, 0.3) is 0 Å². The summed E-state index contributed by atoms with van der Waals surface area (Å²) >= 11 is 0. The van der Waals surface area contributed by atoms with Crippen LogP contribution in [0.3, 0.4) is 0 Å². The summed E-state index contributed by atoms with van der Waals surface area (Å²) in [6.45, 7) is 1.57. The first-order chi connectivity index (χ1) is 30.9. The van der Waals surface area contributed by atoms with Crippen LogP contribution < -0.4 is 15.3 Å². The maximum Gasteiger partial charge on any atom is 0.459 e. The van der Waals surface area contributed by atoms with Crippen LogP contribution in [0, 0.1) is 30.1 Å². The number of anilines is 1. The minimum Gasteiger partial charge on any atom is -0.465 e. The Labute approximate surface area is 375 Å². The molecule has 5 atom stereocenters. The van der Waals surface area contributed by atoms with E-state index >= 15 is 0 Å². The van der Waals surface area contributed by atoms with Crippen LogP contribution in [0.15, 0.2) is 54.9 Å². The number of halogens is 3. The maximum atomic E-state index is 14.7. The fraction of sp³-hybridized carbons (Fsp3) is 0.574. The lowest BCUT2D eigenvalue weighted by Crippen LogP contribution is -2.44. The predicted octanol–water partition coefficient (Wildman–Crippen LogP) is 10.5. The van der Waals surface area contributed by atoms with Crippen molar-refractivity contribution in [3.63, 3.8) is 0 Å². The number of rotatable bonds is 30. The Morgan fingerprint density at radius 1 is 0.938 bits per heavy atom. The van der Waals surface area contributed by atoms with Gasteiger partial charge >= 0.3 is 19.8 Å². The van der Waals surface area contributed by atoms with Crippen LogP contribution in [0.2, 0.25) is 0 Å². The molecule has 0 amide bonds. The first kappa shape index (κ1) is 50.5. The molecule has 4 N–H and O–H groups in total. The fourth-order valence-corrected chi connectivity index (χ4v) is 9.37. The molecule has 0 radical (unpaired) electrons. The van der Waals surface area contributed by atoms with Crippen molar-refractivity contribution in [3.05, 3.63) is 78.1 Å². The second-order valence-electron chi connectivity index (χ2n) is 16.6. The molecule has 13 nitrogen and oxygen atoms in total. The normalized spacial score (nSPS) is 18.8. The molecule has 3 heterocycles. The molecule has 1 fully saturated rings. The van der Waals surface area contributed by atoms with E-state index in [0.29, 0.717) is 12.5 Å². The lowest BCUT2D eigenvalue weighted by Gasteiger charge is -2.30. The van der Waals surface area contributed by atoms with Gasteiger partial charge in [0.05, 0.1) is 12.9 Å². The van der Waals surface area contributed by atoms with Crippen molar-refractivity contribution in [2.24, 2.45) is 0 Å². The number of carbonyl (C=O) groups is 1. The van der Waals surface area contributed by atoms with Crippen molar-refractivity contribution < 1.29 is 46.2 Å². The molecular formula is C47H64F3N6O7P. The molecule has 1 aliphatic heterocycles. The van der Waals surface area contributed by atoms with Crippen LogP contribution >= 0.6 is 7.75 Å². The molecular weight excluding hydrogens is 849 g/mol. The third-order valence-electron chi connectivity index (χ3n) is 11.4. The van der Waals surface area contributed by atoms with Gasteiger partial charge in [-0.15, -0.1) is 6.42 Å². The van der Waals surface area contributed by atoms with Crippen molar-refractivity contribution in [1.82, 2.24) is 24.6 Å². The van der Waals surface area contributed by atoms with Gasteiger partial charge in [0.2, 0.25) is 0 Å². The van der Waals surface area contributed by atoms with E-state index in [0.717, 1.165) is 37.8 Å². The van der Waals surface area contributed by atoms with E-state index < -0.39 is 62.0 Å². The van der Waals surface area contributed by atoms with Gasteiger partial charge < -0.3 is 24.8 Å². The van der Waals surface area contributed by atoms with Gasteiger partial charge in [0.1, 0.15) is 42.4 Å². The average molecular weight is 913 g/mol. The summed E-state index contributed by atoms with van der Waals surface area (Å²) in [6, 6.07) is 9.22. The Hall–Kier alpha value is -4.52. The van der Waals surface area contributed by atoms with Crippen molar-refractivity contribution in [2.45, 2.75) is 159 Å². The molecule has 2 aromatic heterocycles. The number of hydrogen-bond donors (Lipinski definition) is 3. The van der Waals surface area contributed by atoms with Gasteiger partial charge in [0.15, 0.2) is 22.6 Å². The SMILES string of the molecule is C#C[C@]1(CO[P@@](=O)(N[C@@H](Cc2cc(F)cc(F)c2)C(=O)OCCCCCCCCCCCCCCCCCCCC)Oc2ccccc2)O[C@@H](n2cnc3c(N)nc(F)nc32)C[C@@H]1O. The third-order valence-corrected chi connectivity index (χ3v) is 13.0. The van der Waals surface area contributed by atoms with E-state index in [1.807, 2.05) is 0 Å². The summed E-state index contributed by atoms with van der Waals surface area (Å²) < 4.78 is 82.4. The van der Waals surface area contributed by atoms with E-state index in [1.54, 1.807) is 18.2 Å². The van der Waals surface area contributed by atoms with Gasteiger partial charge in [0, 0.05) is 12.5 Å². The molecule has 5 rings (SSSR count). The highest BCUT2D eigenvalue weighted by Crippen LogP contribution is 2.48. The quantitative estimate of drug-likeness (QED) is 0.0149. The molecule has 0 spiro atoms. The standard InChI is InChI=1S/C47H64F3N6O7P/c1-3-5-6-7-8-9-10-11-12-13-14-15-16-17-18-19-20-24-27-60-45(58)39(30-35-28-36(48)31-37(49)29-35)55-64(59,63-38-25-22-21-23-26-38)61-33-47(4-2)40(57)32-41(62-47)56-34-52-42-43(51)53-46(50)54-44(42)56/h2,21-23,25-26,28-29,31,34,39-41,57H,3,5-20,24,27,30,32-33H2,1H3,(H,55,59)(H2,51,53,54)/t39-,40-,41+,47+,64-/m0/s1. The van der Waals surface area contributed by atoms with Gasteiger partial charge in [-0.05, 0) is 42.7 Å².